The van der Waals surface area contributed by atoms with E-state index in [0.717, 1.165) is 0 Å². The molecule has 0 aliphatic rings. The Balaban J connectivity index is 2.25. The van der Waals surface area contributed by atoms with E-state index in [-0.39, 0.29) is 7.53 Å². The minimum Gasteiger partial charge on any atom is -0.143 e. The summed E-state index contributed by atoms with van der Waals surface area (Å²) in [5.41, 5.74) is 2.90. The fraction of sp³-hybridized carbons (Fsp3) is 0.125. The van der Waals surface area contributed by atoms with Crippen LogP contribution in [-0.2, 0) is 0 Å². The van der Waals surface area contributed by atoms with Gasteiger partial charge in [-0.25, -0.2) is 0 Å². The van der Waals surface area contributed by atoms with E-state index < -0.39 is 0 Å². The summed E-state index contributed by atoms with van der Waals surface area (Å²) in [6.45, 7) is 4.49. The van der Waals surface area contributed by atoms with E-state index >= 15 is 0 Å². The zero-order valence-electron chi connectivity index (χ0n) is 10.6. The smallest absolute Gasteiger partial charge is 0.0388 e. The van der Waals surface area contributed by atoms with Crippen LogP contribution in [0.3, 0.4) is 0 Å². The van der Waals surface area contributed by atoms with Crippen LogP contribution in [0.5, 0.6) is 0 Å². The van der Waals surface area contributed by atoms with Crippen molar-refractivity contribution in [2.24, 2.45) is 0 Å². The predicted octanol–water partition coefficient (Wildman–Crippen LogP) is 6.01. The first-order chi connectivity index (χ1) is 8.77. The van der Waals surface area contributed by atoms with Crippen LogP contribution in [0.25, 0.3) is 15.5 Å². The lowest BCUT2D eigenvalue weighted by Gasteiger charge is -2.05. The Morgan fingerprint density at radius 2 is 1.72 bits per heavy atom. The SMILES string of the molecule is Cc1cp(-c2ccccc2)c(-c2cccs2)c1C. The maximum absolute atomic E-state index is 2.45. The molecule has 0 amide bonds. The van der Waals surface area contributed by atoms with Crippen LogP contribution >= 0.6 is 18.9 Å². The van der Waals surface area contributed by atoms with Crippen LogP contribution in [-0.4, -0.2) is 0 Å². The molecule has 18 heavy (non-hydrogen) atoms. The normalized spacial score (nSPS) is 11.8. The van der Waals surface area contributed by atoms with Gasteiger partial charge in [-0.3, -0.25) is 0 Å². The standard InChI is InChI=1S/C16H15PS/c1-12-11-17(14-7-4-3-5-8-14)16(13(12)2)15-9-6-10-18-15/h3-11H,1-2H3. The summed E-state index contributed by atoms with van der Waals surface area (Å²) in [5.74, 6) is 2.45. The first kappa shape index (κ1) is 11.8. The van der Waals surface area contributed by atoms with Gasteiger partial charge in [0.15, 0.2) is 0 Å². The van der Waals surface area contributed by atoms with Gasteiger partial charge < -0.3 is 0 Å². The van der Waals surface area contributed by atoms with Gasteiger partial charge in [-0.15, -0.1) is 11.3 Å². The van der Waals surface area contributed by atoms with Gasteiger partial charge >= 0.3 is 0 Å². The fourth-order valence-electron chi connectivity index (χ4n) is 2.23. The van der Waals surface area contributed by atoms with Gasteiger partial charge in [0.2, 0.25) is 0 Å². The van der Waals surface area contributed by atoms with Crippen LogP contribution in [0.4, 0.5) is 0 Å². The van der Waals surface area contributed by atoms with Crippen molar-refractivity contribution in [2.45, 2.75) is 13.8 Å². The van der Waals surface area contributed by atoms with Crippen LogP contribution in [0.2, 0.25) is 0 Å². The van der Waals surface area contributed by atoms with Gasteiger partial charge in [-0.1, -0.05) is 43.9 Å². The van der Waals surface area contributed by atoms with Crippen molar-refractivity contribution in [3.8, 4) is 15.5 Å². The van der Waals surface area contributed by atoms with E-state index in [4.69, 9.17) is 0 Å². The third-order valence-corrected chi connectivity index (χ3v) is 6.90. The van der Waals surface area contributed by atoms with Crippen molar-refractivity contribution in [2.75, 3.05) is 0 Å². The maximum atomic E-state index is 2.45. The molecule has 3 rings (SSSR count). The minimum absolute atomic E-state index is 0.305. The lowest BCUT2D eigenvalue weighted by atomic mass is 10.2. The second kappa shape index (κ2) is 4.76. The Morgan fingerprint density at radius 1 is 0.944 bits per heavy atom. The molecule has 3 aromatic rings. The number of aryl methyl sites for hydroxylation is 1. The lowest BCUT2D eigenvalue weighted by Crippen LogP contribution is -1.74. The lowest BCUT2D eigenvalue weighted by molar-refractivity contribution is 1.41. The summed E-state index contributed by atoms with van der Waals surface area (Å²) in [6.07, 6.45) is 0. The van der Waals surface area contributed by atoms with Gasteiger partial charge in [0, 0.05) is 10.2 Å². The van der Waals surface area contributed by atoms with Gasteiger partial charge in [0.25, 0.3) is 0 Å². The molecule has 0 radical (unpaired) electrons. The molecule has 0 saturated carbocycles. The van der Waals surface area contributed by atoms with E-state index in [1.165, 1.54) is 21.3 Å². The molecule has 0 aliphatic heterocycles. The third-order valence-electron chi connectivity index (χ3n) is 3.30. The first-order valence-corrected chi connectivity index (χ1v) is 8.34. The first-order valence-electron chi connectivity index (χ1n) is 6.05. The van der Waals surface area contributed by atoms with Crippen LogP contribution in [0.1, 0.15) is 11.1 Å². The van der Waals surface area contributed by atoms with E-state index in [1.54, 1.807) is 5.30 Å². The van der Waals surface area contributed by atoms with E-state index in [9.17, 15) is 0 Å². The van der Waals surface area contributed by atoms with Crippen molar-refractivity contribution < 1.29 is 0 Å². The van der Waals surface area contributed by atoms with Crippen molar-refractivity contribution in [3.63, 3.8) is 0 Å². The molecule has 2 aromatic heterocycles. The van der Waals surface area contributed by atoms with Gasteiger partial charge in [0.05, 0.1) is 0 Å². The van der Waals surface area contributed by atoms with Crippen molar-refractivity contribution in [1.29, 1.82) is 0 Å². The molecule has 0 nitrogen and oxygen atoms in total. The topological polar surface area (TPSA) is 0 Å². The van der Waals surface area contributed by atoms with E-state index in [2.05, 4.69) is 67.5 Å². The zero-order chi connectivity index (χ0) is 12.5. The molecule has 0 spiro atoms. The second-order valence-electron chi connectivity index (χ2n) is 4.47. The summed E-state index contributed by atoms with van der Waals surface area (Å²) < 4.78 is 0. The number of rotatable bonds is 2. The van der Waals surface area contributed by atoms with Crippen molar-refractivity contribution in [1.82, 2.24) is 0 Å². The highest BCUT2D eigenvalue weighted by Gasteiger charge is 2.14. The zero-order valence-corrected chi connectivity index (χ0v) is 12.3. The van der Waals surface area contributed by atoms with E-state index in [1.807, 2.05) is 11.3 Å². The highest BCUT2D eigenvalue weighted by atomic mass is 32.1. The quantitative estimate of drug-likeness (QED) is 0.535. The number of thiophene rings is 1. The number of hydrogen-bond acceptors (Lipinski definition) is 1. The van der Waals surface area contributed by atoms with Crippen LogP contribution in [0, 0.1) is 13.8 Å². The average molecular weight is 270 g/mol. The maximum Gasteiger partial charge on any atom is 0.0388 e. The summed E-state index contributed by atoms with van der Waals surface area (Å²) >= 11 is 1.85. The van der Waals surface area contributed by atoms with Gasteiger partial charge in [-0.05, 0) is 47.5 Å². The molecule has 1 aromatic carbocycles. The Morgan fingerprint density at radius 3 is 2.39 bits per heavy atom. The van der Waals surface area contributed by atoms with Crippen molar-refractivity contribution >= 4 is 18.9 Å². The average Bonchev–Trinajstić information content (AvgIpc) is 3.00. The number of hydrogen-bond donors (Lipinski definition) is 0. The largest absolute Gasteiger partial charge is 0.143 e. The molecule has 0 bridgehead atoms. The molecule has 0 N–H and O–H groups in total. The predicted molar refractivity (Wildman–Crippen MR) is 83.3 cm³/mol. The van der Waals surface area contributed by atoms with Gasteiger partial charge in [-0.2, -0.15) is 0 Å². The highest BCUT2D eigenvalue weighted by molar-refractivity contribution is 7.60. The minimum atomic E-state index is -0.305. The summed E-state index contributed by atoms with van der Waals surface area (Å²) in [6, 6.07) is 15.3. The third kappa shape index (κ3) is 1.94. The monoisotopic (exact) mass is 270 g/mol. The molecule has 0 aliphatic carbocycles. The number of benzene rings is 1. The molecular weight excluding hydrogens is 255 g/mol. The van der Waals surface area contributed by atoms with Gasteiger partial charge in [0.1, 0.15) is 0 Å². The summed E-state index contributed by atoms with van der Waals surface area (Å²) in [4.78, 5) is 1.43. The Hall–Kier alpha value is -1.30. The molecule has 2 heterocycles. The highest BCUT2D eigenvalue weighted by Crippen LogP contribution is 2.53. The molecule has 0 fully saturated rings. The molecule has 0 saturated heterocycles. The summed E-state index contributed by atoms with van der Waals surface area (Å²) in [7, 11) is -0.305. The molecule has 1 atom stereocenters. The van der Waals surface area contributed by atoms with Crippen LogP contribution in [0.15, 0.2) is 53.6 Å². The molecule has 90 valence electrons. The summed E-state index contributed by atoms with van der Waals surface area (Å²) in [5, 5.41) is 5.16. The van der Waals surface area contributed by atoms with Crippen LogP contribution < -0.4 is 0 Å². The molecular formula is C16H15PS. The second-order valence-corrected chi connectivity index (χ2v) is 7.38. The molecule has 1 unspecified atom stereocenters. The Bertz CT molecular complexity index is 648. The Kier molecular flexibility index (Phi) is 3.11. The van der Waals surface area contributed by atoms with E-state index in [0.29, 0.717) is 0 Å². The Labute approximate surface area is 113 Å². The van der Waals surface area contributed by atoms with Crippen molar-refractivity contribution in [3.05, 3.63) is 64.8 Å². The fourth-order valence-corrected chi connectivity index (χ4v) is 5.87. The molecule has 2 heteroatoms.